The van der Waals surface area contributed by atoms with E-state index in [1.165, 1.54) is 17.8 Å². The van der Waals surface area contributed by atoms with Gasteiger partial charge in [-0.05, 0) is 12.5 Å². The van der Waals surface area contributed by atoms with E-state index in [0.717, 1.165) is 0 Å². The van der Waals surface area contributed by atoms with Crippen LogP contribution in [0.2, 0.25) is 0 Å². The van der Waals surface area contributed by atoms with E-state index in [4.69, 9.17) is 10.9 Å². The Morgan fingerprint density at radius 1 is 1.65 bits per heavy atom. The molecule has 1 rings (SSSR count). The first-order valence-electron chi connectivity index (χ1n) is 4.97. The molecular weight excluding hydrogens is 242 g/mol. The average molecular weight is 255 g/mol. The highest BCUT2D eigenvalue weighted by atomic mass is 32.2. The molecular formula is C10H13N3O3S. The molecule has 3 N–H and O–H groups in total. The number of amidine groups is 1. The summed E-state index contributed by atoms with van der Waals surface area (Å²) in [6, 6.07) is 6.40. The van der Waals surface area contributed by atoms with Crippen LogP contribution >= 0.6 is 11.8 Å². The van der Waals surface area contributed by atoms with E-state index < -0.39 is 4.92 Å². The number of hydrogen-bond donors (Lipinski definition) is 2. The number of nitro benzene ring substituents is 1. The third-order valence-electron chi connectivity index (χ3n) is 2.15. The molecule has 92 valence electrons. The Morgan fingerprint density at radius 2 is 2.29 bits per heavy atom. The van der Waals surface area contributed by atoms with E-state index in [-0.39, 0.29) is 16.8 Å². The second-order valence-corrected chi connectivity index (χ2v) is 4.51. The van der Waals surface area contributed by atoms with Gasteiger partial charge in [0.1, 0.15) is 0 Å². The molecule has 0 spiro atoms. The van der Waals surface area contributed by atoms with Crippen LogP contribution in [-0.4, -0.2) is 21.2 Å². The topological polar surface area (TPSA) is 102 Å². The van der Waals surface area contributed by atoms with Crippen molar-refractivity contribution in [1.82, 2.24) is 0 Å². The first kappa shape index (κ1) is 13.3. The summed E-state index contributed by atoms with van der Waals surface area (Å²) in [5, 5.41) is 22.1. The van der Waals surface area contributed by atoms with Crippen molar-refractivity contribution < 1.29 is 10.1 Å². The minimum absolute atomic E-state index is 0.0293. The Morgan fingerprint density at radius 3 is 2.82 bits per heavy atom. The molecule has 1 aromatic carbocycles. The van der Waals surface area contributed by atoms with E-state index in [2.05, 4.69) is 5.16 Å². The number of benzene rings is 1. The van der Waals surface area contributed by atoms with Gasteiger partial charge in [-0.2, -0.15) is 0 Å². The lowest BCUT2D eigenvalue weighted by molar-refractivity contribution is -0.387. The van der Waals surface area contributed by atoms with Crippen LogP contribution in [0.15, 0.2) is 34.3 Å². The van der Waals surface area contributed by atoms with Crippen molar-refractivity contribution >= 4 is 23.3 Å². The van der Waals surface area contributed by atoms with Crippen molar-refractivity contribution in [2.45, 2.75) is 23.5 Å². The minimum Gasteiger partial charge on any atom is -0.409 e. The lowest BCUT2D eigenvalue weighted by Crippen LogP contribution is -2.25. The summed E-state index contributed by atoms with van der Waals surface area (Å²) in [5.74, 6) is 0.0654. The van der Waals surface area contributed by atoms with E-state index >= 15 is 0 Å². The lowest BCUT2D eigenvalue weighted by Gasteiger charge is -2.12. The number of oxime groups is 1. The van der Waals surface area contributed by atoms with Gasteiger partial charge in [0, 0.05) is 6.07 Å². The monoisotopic (exact) mass is 255 g/mol. The van der Waals surface area contributed by atoms with Crippen LogP contribution < -0.4 is 5.73 Å². The summed E-state index contributed by atoms with van der Waals surface area (Å²) in [6.45, 7) is 1.87. The van der Waals surface area contributed by atoms with E-state index in [9.17, 15) is 10.1 Å². The summed E-state index contributed by atoms with van der Waals surface area (Å²) in [7, 11) is 0. The second-order valence-electron chi connectivity index (χ2n) is 3.26. The molecule has 0 heterocycles. The van der Waals surface area contributed by atoms with Crippen LogP contribution in [0, 0.1) is 10.1 Å². The van der Waals surface area contributed by atoms with Crippen molar-refractivity contribution in [1.29, 1.82) is 0 Å². The molecule has 0 amide bonds. The van der Waals surface area contributed by atoms with Crippen molar-refractivity contribution in [2.75, 3.05) is 0 Å². The normalized spacial score (nSPS) is 13.4. The number of rotatable bonds is 5. The number of hydrogen-bond acceptors (Lipinski definition) is 5. The minimum atomic E-state index is -0.443. The molecule has 1 aromatic rings. The number of nitro groups is 1. The fourth-order valence-electron chi connectivity index (χ4n) is 1.28. The zero-order valence-corrected chi connectivity index (χ0v) is 10.1. The Kier molecular flexibility index (Phi) is 4.77. The zero-order valence-electron chi connectivity index (χ0n) is 9.24. The largest absolute Gasteiger partial charge is 0.409 e. The fraction of sp³-hybridized carbons (Fsp3) is 0.300. The Hall–Kier alpha value is -1.76. The molecule has 0 saturated carbocycles. The quantitative estimate of drug-likeness (QED) is 0.210. The van der Waals surface area contributed by atoms with Gasteiger partial charge >= 0.3 is 0 Å². The molecule has 0 radical (unpaired) electrons. The standard InChI is InChI=1S/C10H13N3O3S/c1-2-8(10(11)12-14)17-9-6-4-3-5-7(9)13(15)16/h3-6,8,14H,2H2,1H3,(H2,11,12). The maximum absolute atomic E-state index is 10.8. The lowest BCUT2D eigenvalue weighted by atomic mass is 10.3. The number of para-hydroxylation sites is 1. The SMILES string of the molecule is CCC(Sc1ccccc1[N+](=O)[O-])C(N)=NO. The Balaban J connectivity index is 2.97. The van der Waals surface area contributed by atoms with Crippen molar-refractivity contribution in [3.63, 3.8) is 0 Å². The predicted octanol–water partition coefficient (Wildman–Crippen LogP) is 2.21. The molecule has 0 aliphatic heterocycles. The highest BCUT2D eigenvalue weighted by molar-refractivity contribution is 8.00. The van der Waals surface area contributed by atoms with Gasteiger partial charge in [0.2, 0.25) is 0 Å². The molecule has 0 aliphatic carbocycles. The van der Waals surface area contributed by atoms with Crippen molar-refractivity contribution in [3.05, 3.63) is 34.4 Å². The number of thioether (sulfide) groups is 1. The van der Waals surface area contributed by atoms with Crippen LogP contribution in [0.5, 0.6) is 0 Å². The van der Waals surface area contributed by atoms with Crippen LogP contribution in [0.3, 0.4) is 0 Å². The highest BCUT2D eigenvalue weighted by Crippen LogP contribution is 2.32. The van der Waals surface area contributed by atoms with Gasteiger partial charge in [0.05, 0.1) is 15.1 Å². The first-order chi connectivity index (χ1) is 8.10. The van der Waals surface area contributed by atoms with Gasteiger partial charge in [-0.1, -0.05) is 24.2 Å². The van der Waals surface area contributed by atoms with Gasteiger partial charge in [-0.15, -0.1) is 11.8 Å². The maximum Gasteiger partial charge on any atom is 0.282 e. The molecule has 6 nitrogen and oxygen atoms in total. The van der Waals surface area contributed by atoms with Crippen LogP contribution in [0.25, 0.3) is 0 Å². The van der Waals surface area contributed by atoms with Crippen molar-refractivity contribution in [3.8, 4) is 0 Å². The van der Waals surface area contributed by atoms with Crippen LogP contribution in [0.4, 0.5) is 5.69 Å². The predicted molar refractivity (Wildman–Crippen MR) is 66.4 cm³/mol. The fourth-order valence-corrected chi connectivity index (χ4v) is 2.34. The highest BCUT2D eigenvalue weighted by Gasteiger charge is 2.19. The number of nitrogens with zero attached hydrogens (tertiary/aromatic N) is 2. The van der Waals surface area contributed by atoms with E-state index in [1.807, 2.05) is 6.92 Å². The molecule has 0 saturated heterocycles. The van der Waals surface area contributed by atoms with Gasteiger partial charge in [-0.3, -0.25) is 10.1 Å². The molecule has 0 bridgehead atoms. The van der Waals surface area contributed by atoms with E-state index in [1.54, 1.807) is 18.2 Å². The molecule has 7 heteroatoms. The maximum atomic E-state index is 10.8. The molecule has 1 unspecified atom stereocenters. The molecule has 1 atom stereocenters. The molecule has 0 aromatic heterocycles. The molecule has 0 aliphatic rings. The average Bonchev–Trinajstić information content (AvgIpc) is 2.35. The third-order valence-corrected chi connectivity index (χ3v) is 3.61. The van der Waals surface area contributed by atoms with Crippen LogP contribution in [-0.2, 0) is 0 Å². The van der Waals surface area contributed by atoms with Crippen LogP contribution in [0.1, 0.15) is 13.3 Å². The summed E-state index contributed by atoms with van der Waals surface area (Å²) in [6.07, 6.45) is 0.618. The zero-order chi connectivity index (χ0) is 12.8. The number of nitrogens with two attached hydrogens (primary N) is 1. The van der Waals surface area contributed by atoms with Gasteiger partial charge in [0.25, 0.3) is 5.69 Å². The van der Waals surface area contributed by atoms with Gasteiger partial charge < -0.3 is 10.9 Å². The Labute approximate surface area is 103 Å². The van der Waals surface area contributed by atoms with E-state index in [0.29, 0.717) is 11.3 Å². The molecule has 17 heavy (non-hydrogen) atoms. The first-order valence-corrected chi connectivity index (χ1v) is 5.85. The third kappa shape index (κ3) is 3.35. The smallest absolute Gasteiger partial charge is 0.282 e. The second kappa shape index (κ2) is 6.09. The summed E-state index contributed by atoms with van der Waals surface area (Å²) >= 11 is 1.22. The summed E-state index contributed by atoms with van der Waals surface area (Å²) in [5.41, 5.74) is 5.54. The summed E-state index contributed by atoms with van der Waals surface area (Å²) in [4.78, 5) is 10.9. The Bertz CT molecular complexity index is 437. The van der Waals surface area contributed by atoms with Gasteiger partial charge in [-0.25, -0.2) is 0 Å². The summed E-state index contributed by atoms with van der Waals surface area (Å²) < 4.78 is 0. The van der Waals surface area contributed by atoms with Crippen molar-refractivity contribution in [2.24, 2.45) is 10.9 Å². The molecule has 0 fully saturated rings. The van der Waals surface area contributed by atoms with Gasteiger partial charge in [0.15, 0.2) is 5.84 Å².